The maximum atomic E-state index is 11.6. The number of hydrogen-bond acceptors (Lipinski definition) is 7. The van der Waals surface area contributed by atoms with Crippen LogP contribution in [0.3, 0.4) is 0 Å². The van der Waals surface area contributed by atoms with E-state index in [0.717, 1.165) is 28.5 Å². The highest BCUT2D eigenvalue weighted by Crippen LogP contribution is 2.32. The van der Waals surface area contributed by atoms with Crippen LogP contribution >= 0.6 is 11.6 Å². The number of nitrogens with one attached hydrogen (secondary N) is 1. The van der Waals surface area contributed by atoms with Gasteiger partial charge in [0.15, 0.2) is 0 Å². The average Bonchev–Trinajstić information content (AvgIpc) is 3.45. The molecule has 0 unspecified atom stereocenters. The van der Waals surface area contributed by atoms with E-state index in [0.29, 0.717) is 47.6 Å². The predicted molar refractivity (Wildman–Crippen MR) is 125 cm³/mol. The molecule has 9 heteroatoms. The maximum Gasteiger partial charge on any atom is 0.305 e. The lowest BCUT2D eigenvalue weighted by Gasteiger charge is -2.09. The smallest absolute Gasteiger partial charge is 0.305 e. The number of carbonyl (C=O) groups excluding carboxylic acids is 1. The number of ether oxygens (including phenoxy) is 2. The zero-order valence-corrected chi connectivity index (χ0v) is 19.5. The Morgan fingerprint density at radius 2 is 2.12 bits per heavy atom. The molecule has 0 spiro atoms. The van der Waals surface area contributed by atoms with E-state index in [4.69, 9.17) is 25.6 Å². The summed E-state index contributed by atoms with van der Waals surface area (Å²) in [4.78, 5) is 23.7. The van der Waals surface area contributed by atoms with Gasteiger partial charge in [-0.1, -0.05) is 28.9 Å². The van der Waals surface area contributed by atoms with Crippen molar-refractivity contribution in [3.63, 3.8) is 0 Å². The summed E-state index contributed by atoms with van der Waals surface area (Å²) in [6.07, 6.45) is 5.29. The molecule has 0 saturated heterocycles. The molecule has 0 aliphatic carbocycles. The summed E-state index contributed by atoms with van der Waals surface area (Å²) < 4.78 is 16.1. The van der Waals surface area contributed by atoms with Crippen molar-refractivity contribution in [3.05, 3.63) is 47.2 Å². The normalized spacial score (nSPS) is 11.3. The first-order chi connectivity index (χ1) is 16.0. The molecule has 4 rings (SSSR count). The van der Waals surface area contributed by atoms with Crippen molar-refractivity contribution in [2.24, 2.45) is 0 Å². The number of esters is 1. The molecule has 0 atom stereocenters. The second-order valence-electron chi connectivity index (χ2n) is 7.80. The molecule has 8 nitrogen and oxygen atoms in total. The Bertz CT molecular complexity index is 1260. The van der Waals surface area contributed by atoms with Crippen LogP contribution in [0.4, 0.5) is 0 Å². The molecule has 3 heterocycles. The summed E-state index contributed by atoms with van der Waals surface area (Å²) in [6.45, 7) is 6.02. The first kappa shape index (κ1) is 22.8. The van der Waals surface area contributed by atoms with Gasteiger partial charge in [0, 0.05) is 35.3 Å². The molecule has 1 aromatic carbocycles. The van der Waals surface area contributed by atoms with E-state index in [2.05, 4.69) is 20.1 Å². The lowest BCUT2D eigenvalue weighted by Crippen LogP contribution is -2.07. The summed E-state index contributed by atoms with van der Waals surface area (Å²) in [6, 6.07) is 7.66. The number of halogens is 1. The number of aryl methyl sites for hydroxylation is 1. The fourth-order valence-corrected chi connectivity index (χ4v) is 3.79. The van der Waals surface area contributed by atoms with Crippen molar-refractivity contribution >= 4 is 28.5 Å². The van der Waals surface area contributed by atoms with Gasteiger partial charge in [-0.25, -0.2) is 4.98 Å². The van der Waals surface area contributed by atoms with E-state index in [1.54, 1.807) is 12.3 Å². The van der Waals surface area contributed by atoms with Crippen LogP contribution in [0, 0.1) is 0 Å². The van der Waals surface area contributed by atoms with E-state index in [1.165, 1.54) is 0 Å². The Morgan fingerprint density at radius 3 is 2.88 bits per heavy atom. The van der Waals surface area contributed by atoms with E-state index in [1.807, 2.05) is 45.2 Å². The summed E-state index contributed by atoms with van der Waals surface area (Å²) >= 11 is 6.30. The standard InChI is InChI=1S/C24H25ClN4O4/c1-4-31-20(30)7-5-6-15-8-9-18(17-10-11-26-21(15)17)22-28-23(33-29-22)16-12-19(25)24(27-13-16)32-14(2)3/h8-14,26H,4-7H2,1-3H3. The van der Waals surface area contributed by atoms with Gasteiger partial charge in [-0.15, -0.1) is 0 Å². The highest BCUT2D eigenvalue weighted by atomic mass is 35.5. The van der Waals surface area contributed by atoms with Crippen LogP contribution in [0.1, 0.15) is 39.2 Å². The van der Waals surface area contributed by atoms with Gasteiger partial charge in [-0.3, -0.25) is 4.79 Å². The van der Waals surface area contributed by atoms with Crippen LogP contribution in [0.2, 0.25) is 5.02 Å². The van der Waals surface area contributed by atoms with Gasteiger partial charge in [0.05, 0.1) is 18.3 Å². The molecule has 1 N–H and O–H groups in total. The predicted octanol–water partition coefficient (Wildman–Crippen LogP) is 5.61. The van der Waals surface area contributed by atoms with Crippen molar-refractivity contribution in [2.75, 3.05) is 6.61 Å². The van der Waals surface area contributed by atoms with Crippen LogP contribution in [0.15, 0.2) is 41.2 Å². The Labute approximate surface area is 196 Å². The molecule has 33 heavy (non-hydrogen) atoms. The van der Waals surface area contributed by atoms with Gasteiger partial charge in [0.2, 0.25) is 11.7 Å². The highest BCUT2D eigenvalue weighted by molar-refractivity contribution is 6.32. The molecule has 0 amide bonds. The Balaban J connectivity index is 1.55. The molecular weight excluding hydrogens is 444 g/mol. The van der Waals surface area contributed by atoms with Gasteiger partial charge < -0.3 is 19.0 Å². The number of H-pyrrole nitrogens is 1. The van der Waals surface area contributed by atoms with Crippen LogP contribution in [0.25, 0.3) is 33.7 Å². The molecule has 0 aliphatic heterocycles. The van der Waals surface area contributed by atoms with Crippen LogP contribution < -0.4 is 4.74 Å². The van der Waals surface area contributed by atoms with Crippen molar-refractivity contribution in [1.29, 1.82) is 0 Å². The minimum atomic E-state index is -0.172. The molecule has 0 aliphatic rings. The number of aromatic amines is 1. The summed E-state index contributed by atoms with van der Waals surface area (Å²) in [5.41, 5.74) is 3.55. The third-order valence-corrected chi connectivity index (χ3v) is 5.28. The number of carbonyl (C=O) groups is 1. The topological polar surface area (TPSA) is 103 Å². The Morgan fingerprint density at radius 1 is 1.27 bits per heavy atom. The Hall–Kier alpha value is -3.39. The zero-order chi connectivity index (χ0) is 23.4. The highest BCUT2D eigenvalue weighted by Gasteiger charge is 2.17. The van der Waals surface area contributed by atoms with Gasteiger partial charge in [-0.2, -0.15) is 4.98 Å². The van der Waals surface area contributed by atoms with E-state index in [-0.39, 0.29) is 12.1 Å². The lowest BCUT2D eigenvalue weighted by molar-refractivity contribution is -0.143. The van der Waals surface area contributed by atoms with Crippen LogP contribution in [0.5, 0.6) is 5.88 Å². The summed E-state index contributed by atoms with van der Waals surface area (Å²) in [5, 5.41) is 5.52. The first-order valence-electron chi connectivity index (χ1n) is 10.9. The van der Waals surface area contributed by atoms with Crippen molar-refractivity contribution in [3.8, 4) is 28.7 Å². The van der Waals surface area contributed by atoms with Gasteiger partial charge >= 0.3 is 5.97 Å². The van der Waals surface area contributed by atoms with Gasteiger partial charge in [-0.05, 0) is 51.3 Å². The minimum Gasteiger partial charge on any atom is -0.474 e. The summed E-state index contributed by atoms with van der Waals surface area (Å²) in [7, 11) is 0. The molecule has 0 radical (unpaired) electrons. The molecular formula is C24H25ClN4O4. The molecule has 0 saturated carbocycles. The number of fused-ring (bicyclic) bond motifs is 1. The second-order valence-corrected chi connectivity index (χ2v) is 8.21. The zero-order valence-electron chi connectivity index (χ0n) is 18.7. The molecule has 0 fully saturated rings. The van der Waals surface area contributed by atoms with Crippen molar-refractivity contribution in [1.82, 2.24) is 20.1 Å². The summed E-state index contributed by atoms with van der Waals surface area (Å²) in [5.74, 6) is 0.973. The molecule has 3 aromatic heterocycles. The third kappa shape index (κ3) is 5.17. The van der Waals surface area contributed by atoms with Crippen LogP contribution in [-0.2, 0) is 16.0 Å². The SMILES string of the molecule is CCOC(=O)CCCc1ccc(-c2noc(-c3cnc(OC(C)C)c(Cl)c3)n2)c2cc[nH]c12. The number of pyridine rings is 1. The quantitative estimate of drug-likeness (QED) is 0.318. The average molecular weight is 469 g/mol. The number of benzene rings is 1. The van der Waals surface area contributed by atoms with E-state index < -0.39 is 0 Å². The number of hydrogen-bond donors (Lipinski definition) is 1. The maximum absolute atomic E-state index is 11.6. The number of aromatic nitrogens is 4. The third-order valence-electron chi connectivity index (χ3n) is 5.01. The largest absolute Gasteiger partial charge is 0.474 e. The van der Waals surface area contributed by atoms with Gasteiger partial charge in [0.25, 0.3) is 5.89 Å². The first-order valence-corrected chi connectivity index (χ1v) is 11.2. The monoisotopic (exact) mass is 468 g/mol. The van der Waals surface area contributed by atoms with E-state index in [9.17, 15) is 4.79 Å². The van der Waals surface area contributed by atoms with Crippen LogP contribution in [-0.4, -0.2) is 38.8 Å². The van der Waals surface area contributed by atoms with Crippen molar-refractivity contribution in [2.45, 2.75) is 46.1 Å². The number of rotatable bonds is 9. The minimum absolute atomic E-state index is 0.0345. The molecule has 172 valence electrons. The Kier molecular flexibility index (Phi) is 6.93. The van der Waals surface area contributed by atoms with Crippen molar-refractivity contribution < 1.29 is 18.8 Å². The molecule has 4 aromatic rings. The second kappa shape index (κ2) is 10.0. The fourth-order valence-electron chi connectivity index (χ4n) is 3.58. The molecule has 0 bridgehead atoms. The number of nitrogens with zero attached hydrogens (tertiary/aromatic N) is 3. The fraction of sp³-hybridized carbons (Fsp3) is 0.333. The van der Waals surface area contributed by atoms with Gasteiger partial charge in [0.1, 0.15) is 5.02 Å². The lowest BCUT2D eigenvalue weighted by atomic mass is 10.0. The van der Waals surface area contributed by atoms with E-state index >= 15 is 0 Å².